The molecular formula is C17H40N2O2Si. The molecule has 0 unspecified atom stereocenters. The Kier molecular flexibility index (Phi) is 10.8. The van der Waals surface area contributed by atoms with Crippen molar-refractivity contribution < 1.29 is 8.85 Å². The quantitative estimate of drug-likeness (QED) is 0.482. The van der Waals surface area contributed by atoms with Gasteiger partial charge < -0.3 is 18.7 Å². The zero-order chi connectivity index (χ0) is 17.2. The molecule has 0 fully saturated rings. The molecule has 0 aliphatic carbocycles. The maximum Gasteiger partial charge on any atom is 0.337 e. The smallest absolute Gasteiger partial charge is 0.337 e. The third-order valence-electron chi connectivity index (χ3n) is 4.75. The first-order chi connectivity index (χ1) is 10.2. The van der Waals surface area contributed by atoms with Gasteiger partial charge in [0, 0.05) is 14.2 Å². The van der Waals surface area contributed by atoms with Crippen LogP contribution in [0.4, 0.5) is 0 Å². The fourth-order valence-corrected chi connectivity index (χ4v) is 6.17. The minimum Gasteiger partial charge on any atom is -0.398 e. The molecule has 134 valence electrons. The molecule has 0 saturated carbocycles. The van der Waals surface area contributed by atoms with Crippen LogP contribution in [0.5, 0.6) is 0 Å². The van der Waals surface area contributed by atoms with Crippen molar-refractivity contribution in [1.82, 2.24) is 9.80 Å². The summed E-state index contributed by atoms with van der Waals surface area (Å²) in [6.07, 6.45) is 4.99. The van der Waals surface area contributed by atoms with Crippen molar-refractivity contribution in [1.29, 1.82) is 0 Å². The van der Waals surface area contributed by atoms with Crippen LogP contribution in [-0.4, -0.2) is 73.9 Å². The highest BCUT2D eigenvalue weighted by Gasteiger charge is 2.41. The van der Waals surface area contributed by atoms with Gasteiger partial charge in [-0.05, 0) is 84.5 Å². The minimum absolute atomic E-state index is 0.320. The maximum atomic E-state index is 5.88. The molecule has 4 nitrogen and oxygen atoms in total. The normalized spacial score (nSPS) is 13.4. The van der Waals surface area contributed by atoms with Crippen molar-refractivity contribution >= 4 is 8.56 Å². The zero-order valence-corrected chi connectivity index (χ0v) is 17.4. The molecule has 0 spiro atoms. The van der Waals surface area contributed by atoms with Gasteiger partial charge in [-0.2, -0.15) is 0 Å². The second-order valence-electron chi connectivity index (χ2n) is 7.47. The van der Waals surface area contributed by atoms with Crippen LogP contribution in [-0.2, 0) is 8.85 Å². The molecule has 0 radical (unpaired) electrons. The molecule has 0 aromatic rings. The van der Waals surface area contributed by atoms with Gasteiger partial charge in [-0.25, -0.2) is 0 Å². The van der Waals surface area contributed by atoms with Crippen molar-refractivity contribution in [2.45, 2.75) is 51.6 Å². The molecule has 0 atom stereocenters. The van der Waals surface area contributed by atoms with Gasteiger partial charge in [0.25, 0.3) is 0 Å². The summed E-state index contributed by atoms with van der Waals surface area (Å²) in [5.74, 6) is 0. The predicted octanol–water partition coefficient (Wildman–Crippen LogP) is 3.43. The lowest BCUT2D eigenvalue weighted by molar-refractivity contribution is 0.192. The van der Waals surface area contributed by atoms with Crippen molar-refractivity contribution in [2.75, 3.05) is 55.5 Å². The second kappa shape index (κ2) is 10.8. The van der Waals surface area contributed by atoms with Gasteiger partial charge in [-0.15, -0.1) is 0 Å². The van der Waals surface area contributed by atoms with E-state index in [-0.39, 0.29) is 0 Å². The van der Waals surface area contributed by atoms with Gasteiger partial charge in [0.05, 0.1) is 0 Å². The molecule has 22 heavy (non-hydrogen) atoms. The molecule has 0 heterocycles. The fraction of sp³-hybridized carbons (Fsp3) is 1.00. The summed E-state index contributed by atoms with van der Waals surface area (Å²) < 4.78 is 11.8. The Bertz CT molecular complexity index is 260. The monoisotopic (exact) mass is 332 g/mol. The SMILES string of the molecule is CC[Si](CC(C)(CCCN(C)C)CCCN(C)C)(OC)OC. The maximum absolute atomic E-state index is 5.88. The standard InChI is InChI=1S/C17H40N2O2Si/c1-9-22(20-7,21-8)16-17(2,12-10-14-18(3)4)13-11-15-19(5)6/h9-16H2,1-8H3. The number of hydrogen-bond acceptors (Lipinski definition) is 4. The molecular weight excluding hydrogens is 292 g/mol. The average Bonchev–Trinajstić information content (AvgIpc) is 2.44. The molecule has 0 aliphatic rings. The first kappa shape index (κ1) is 22.1. The third-order valence-corrected chi connectivity index (χ3v) is 8.71. The molecule has 0 rings (SSSR count). The highest BCUT2D eigenvalue weighted by molar-refractivity contribution is 6.67. The van der Waals surface area contributed by atoms with Crippen LogP contribution in [0.3, 0.4) is 0 Å². The Balaban J connectivity index is 4.80. The van der Waals surface area contributed by atoms with Crippen molar-refractivity contribution in [3.8, 4) is 0 Å². The van der Waals surface area contributed by atoms with E-state index in [1.54, 1.807) is 0 Å². The van der Waals surface area contributed by atoms with E-state index in [4.69, 9.17) is 8.85 Å². The highest BCUT2D eigenvalue weighted by Crippen LogP contribution is 2.39. The predicted molar refractivity (Wildman–Crippen MR) is 98.7 cm³/mol. The minimum atomic E-state index is -2.03. The van der Waals surface area contributed by atoms with Crippen LogP contribution in [0.15, 0.2) is 0 Å². The van der Waals surface area contributed by atoms with E-state index >= 15 is 0 Å². The van der Waals surface area contributed by atoms with Crippen molar-refractivity contribution in [3.05, 3.63) is 0 Å². The summed E-state index contributed by atoms with van der Waals surface area (Å²) in [5, 5.41) is 0. The fourth-order valence-electron chi connectivity index (χ4n) is 3.24. The number of nitrogens with zero attached hydrogens (tertiary/aromatic N) is 2. The lowest BCUT2D eigenvalue weighted by atomic mass is 9.82. The lowest BCUT2D eigenvalue weighted by Crippen LogP contribution is -2.44. The third kappa shape index (κ3) is 8.63. The topological polar surface area (TPSA) is 24.9 Å². The van der Waals surface area contributed by atoms with E-state index in [2.05, 4.69) is 51.8 Å². The van der Waals surface area contributed by atoms with Gasteiger partial charge >= 0.3 is 8.56 Å². The van der Waals surface area contributed by atoms with Gasteiger partial charge in [-0.3, -0.25) is 0 Å². The molecule has 0 amide bonds. The number of rotatable bonds is 13. The lowest BCUT2D eigenvalue weighted by Gasteiger charge is -2.38. The van der Waals surface area contributed by atoms with E-state index in [0.717, 1.165) is 25.2 Å². The molecule has 0 saturated heterocycles. The van der Waals surface area contributed by atoms with E-state index in [1.165, 1.54) is 25.7 Å². The van der Waals surface area contributed by atoms with Crippen molar-refractivity contribution in [2.24, 2.45) is 5.41 Å². The van der Waals surface area contributed by atoms with E-state index in [1.807, 2.05) is 14.2 Å². The Labute approximate surface area is 140 Å². The van der Waals surface area contributed by atoms with Gasteiger partial charge in [0.15, 0.2) is 0 Å². The van der Waals surface area contributed by atoms with Crippen LogP contribution in [0, 0.1) is 5.41 Å². The highest BCUT2D eigenvalue weighted by atomic mass is 28.4. The summed E-state index contributed by atoms with van der Waals surface area (Å²) >= 11 is 0. The van der Waals surface area contributed by atoms with Crippen LogP contribution >= 0.6 is 0 Å². The number of hydrogen-bond donors (Lipinski definition) is 0. The largest absolute Gasteiger partial charge is 0.398 e. The first-order valence-corrected chi connectivity index (χ1v) is 10.9. The second-order valence-corrected chi connectivity index (χ2v) is 11.2. The molecule has 0 aliphatic heterocycles. The molecule has 0 bridgehead atoms. The summed E-state index contributed by atoms with van der Waals surface area (Å²) in [4.78, 5) is 4.55. The van der Waals surface area contributed by atoms with Crippen LogP contribution in [0.2, 0.25) is 12.1 Å². The Hall–Kier alpha value is 0.0569. The van der Waals surface area contributed by atoms with E-state index in [9.17, 15) is 0 Å². The summed E-state index contributed by atoms with van der Waals surface area (Å²) in [7, 11) is 10.2. The van der Waals surface area contributed by atoms with E-state index in [0.29, 0.717) is 5.41 Å². The van der Waals surface area contributed by atoms with Crippen LogP contribution in [0.25, 0.3) is 0 Å². The van der Waals surface area contributed by atoms with E-state index < -0.39 is 8.56 Å². The average molecular weight is 333 g/mol. The first-order valence-electron chi connectivity index (χ1n) is 8.62. The van der Waals surface area contributed by atoms with Gasteiger partial charge in [0.1, 0.15) is 0 Å². The molecule has 0 aromatic heterocycles. The molecule has 0 aromatic carbocycles. The Morgan fingerprint density at radius 3 is 1.55 bits per heavy atom. The Morgan fingerprint density at radius 2 is 1.27 bits per heavy atom. The summed E-state index contributed by atoms with van der Waals surface area (Å²) in [6.45, 7) is 6.96. The van der Waals surface area contributed by atoms with Crippen LogP contribution < -0.4 is 0 Å². The zero-order valence-electron chi connectivity index (χ0n) is 16.4. The van der Waals surface area contributed by atoms with Crippen LogP contribution in [0.1, 0.15) is 39.5 Å². The summed E-state index contributed by atoms with van der Waals surface area (Å²) in [6, 6.07) is 2.13. The summed E-state index contributed by atoms with van der Waals surface area (Å²) in [5.41, 5.74) is 0.320. The van der Waals surface area contributed by atoms with Crippen molar-refractivity contribution in [3.63, 3.8) is 0 Å². The molecule has 0 N–H and O–H groups in total. The van der Waals surface area contributed by atoms with Gasteiger partial charge in [-0.1, -0.05) is 13.8 Å². The Morgan fingerprint density at radius 1 is 0.864 bits per heavy atom. The molecule has 5 heteroatoms. The van der Waals surface area contributed by atoms with Gasteiger partial charge in [0.2, 0.25) is 0 Å².